The smallest absolute Gasteiger partial charge is 0.274 e. The third-order valence-corrected chi connectivity index (χ3v) is 7.56. The highest BCUT2D eigenvalue weighted by molar-refractivity contribution is 6.17. The van der Waals surface area contributed by atoms with Crippen LogP contribution in [0, 0.1) is 13.8 Å². The number of nitrogens with zero attached hydrogens (tertiary/aromatic N) is 2. The number of aromatic nitrogens is 2. The van der Waals surface area contributed by atoms with Crippen LogP contribution in [-0.2, 0) is 11.2 Å². The molecule has 6 rings (SSSR count). The molecule has 0 bridgehead atoms. The van der Waals surface area contributed by atoms with Crippen molar-refractivity contribution in [1.29, 1.82) is 0 Å². The SMILES string of the molecule is CCc1c(C(=O)Nc2c(C)cccc2C)nc(-c2ccc(N3CCOCC3)cc2)c2[nH]c3ccccc3c12. The number of benzene rings is 3. The van der Waals surface area contributed by atoms with Crippen molar-refractivity contribution in [3.8, 4) is 11.3 Å². The first-order valence-electron chi connectivity index (χ1n) is 13.3. The molecule has 6 nitrogen and oxygen atoms in total. The number of carbonyl (C=O) groups is 1. The number of carbonyl (C=O) groups excluding carboxylic acids is 1. The third kappa shape index (κ3) is 4.21. The van der Waals surface area contributed by atoms with Gasteiger partial charge < -0.3 is 19.9 Å². The van der Waals surface area contributed by atoms with Gasteiger partial charge in [-0.25, -0.2) is 4.98 Å². The van der Waals surface area contributed by atoms with Gasteiger partial charge in [-0.3, -0.25) is 4.79 Å². The summed E-state index contributed by atoms with van der Waals surface area (Å²) in [6, 6.07) is 22.8. The molecule has 5 aromatic rings. The van der Waals surface area contributed by atoms with Crippen molar-refractivity contribution in [1.82, 2.24) is 9.97 Å². The van der Waals surface area contributed by atoms with Crippen LogP contribution in [0.2, 0.25) is 0 Å². The highest BCUT2D eigenvalue weighted by Gasteiger charge is 2.23. The van der Waals surface area contributed by atoms with Crippen LogP contribution in [-0.4, -0.2) is 42.2 Å². The highest BCUT2D eigenvalue weighted by atomic mass is 16.5. The van der Waals surface area contributed by atoms with Gasteiger partial charge in [0.2, 0.25) is 0 Å². The van der Waals surface area contributed by atoms with E-state index < -0.39 is 0 Å². The number of H-pyrrole nitrogens is 1. The molecule has 1 aliphatic rings. The third-order valence-electron chi connectivity index (χ3n) is 7.56. The zero-order chi connectivity index (χ0) is 26.2. The maximum absolute atomic E-state index is 13.8. The van der Waals surface area contributed by atoms with Crippen molar-refractivity contribution < 1.29 is 9.53 Å². The molecular formula is C32H32N4O2. The van der Waals surface area contributed by atoms with Crippen LogP contribution in [0.15, 0.2) is 66.7 Å². The number of amides is 1. The van der Waals surface area contributed by atoms with Crippen molar-refractivity contribution in [2.45, 2.75) is 27.2 Å². The second-order valence-corrected chi connectivity index (χ2v) is 9.93. The van der Waals surface area contributed by atoms with Crippen molar-refractivity contribution >= 4 is 39.1 Å². The molecule has 1 amide bonds. The normalized spacial score (nSPS) is 13.8. The number of aryl methyl sites for hydroxylation is 3. The Labute approximate surface area is 222 Å². The number of rotatable bonds is 5. The van der Waals surface area contributed by atoms with Crippen LogP contribution in [0.1, 0.15) is 34.1 Å². The lowest BCUT2D eigenvalue weighted by atomic mass is 9.98. The molecule has 0 spiro atoms. The Morgan fingerprint density at radius 3 is 2.39 bits per heavy atom. The van der Waals surface area contributed by atoms with Crippen LogP contribution in [0.25, 0.3) is 33.1 Å². The molecule has 3 aromatic carbocycles. The van der Waals surface area contributed by atoms with Crippen LogP contribution in [0.3, 0.4) is 0 Å². The number of hydrogen-bond donors (Lipinski definition) is 2. The van der Waals surface area contributed by atoms with E-state index in [2.05, 4.69) is 58.5 Å². The van der Waals surface area contributed by atoms with Gasteiger partial charge in [-0.15, -0.1) is 0 Å². The van der Waals surface area contributed by atoms with E-state index in [1.54, 1.807) is 0 Å². The number of anilines is 2. The number of fused-ring (bicyclic) bond motifs is 3. The maximum Gasteiger partial charge on any atom is 0.274 e. The Hall–Kier alpha value is -4.16. The van der Waals surface area contributed by atoms with E-state index in [4.69, 9.17) is 9.72 Å². The van der Waals surface area contributed by atoms with Gasteiger partial charge in [0.15, 0.2) is 0 Å². The maximum atomic E-state index is 13.8. The zero-order valence-electron chi connectivity index (χ0n) is 22.1. The average molecular weight is 505 g/mol. The van der Waals surface area contributed by atoms with Crippen LogP contribution >= 0.6 is 0 Å². The summed E-state index contributed by atoms with van der Waals surface area (Å²) in [5.74, 6) is -0.183. The molecule has 0 aliphatic carbocycles. The van der Waals surface area contributed by atoms with Crippen molar-refractivity contribution in [3.63, 3.8) is 0 Å². The summed E-state index contributed by atoms with van der Waals surface area (Å²) in [6.07, 6.45) is 0.692. The van der Waals surface area contributed by atoms with Crippen LogP contribution in [0.5, 0.6) is 0 Å². The number of hydrogen-bond acceptors (Lipinski definition) is 4. The number of pyridine rings is 1. The lowest BCUT2D eigenvalue weighted by Crippen LogP contribution is -2.36. The molecule has 3 heterocycles. The molecule has 0 atom stereocenters. The van der Waals surface area contributed by atoms with Gasteiger partial charge >= 0.3 is 0 Å². The molecule has 2 N–H and O–H groups in total. The number of morpholine rings is 1. The molecule has 0 unspecified atom stereocenters. The second kappa shape index (κ2) is 9.95. The minimum absolute atomic E-state index is 0.183. The minimum Gasteiger partial charge on any atom is -0.378 e. The molecule has 1 aliphatic heterocycles. The Bertz CT molecular complexity index is 1630. The molecule has 192 valence electrons. The fraction of sp³-hybridized carbons (Fsp3) is 0.250. The summed E-state index contributed by atoms with van der Waals surface area (Å²) < 4.78 is 5.51. The minimum atomic E-state index is -0.183. The number of nitrogens with one attached hydrogen (secondary N) is 2. The molecule has 2 aromatic heterocycles. The molecular weight excluding hydrogens is 472 g/mol. The number of para-hydroxylation sites is 2. The molecule has 1 saturated heterocycles. The quantitative estimate of drug-likeness (QED) is 0.281. The van der Waals surface area contributed by atoms with Crippen molar-refractivity contribution in [2.75, 3.05) is 36.5 Å². The molecule has 1 fully saturated rings. The lowest BCUT2D eigenvalue weighted by Gasteiger charge is -2.28. The van der Waals surface area contributed by atoms with E-state index in [0.29, 0.717) is 12.1 Å². The van der Waals surface area contributed by atoms with E-state index in [9.17, 15) is 4.79 Å². The van der Waals surface area contributed by atoms with Crippen molar-refractivity contribution in [3.05, 3.63) is 89.1 Å². The van der Waals surface area contributed by atoms with Gasteiger partial charge in [0.05, 0.1) is 24.4 Å². The lowest BCUT2D eigenvalue weighted by molar-refractivity contribution is 0.102. The summed E-state index contributed by atoms with van der Waals surface area (Å²) >= 11 is 0. The number of aromatic amines is 1. The Morgan fingerprint density at radius 2 is 1.68 bits per heavy atom. The molecule has 0 radical (unpaired) electrons. The zero-order valence-corrected chi connectivity index (χ0v) is 22.1. The van der Waals surface area contributed by atoms with E-state index >= 15 is 0 Å². The van der Waals surface area contributed by atoms with Gasteiger partial charge in [-0.1, -0.05) is 55.5 Å². The summed E-state index contributed by atoms with van der Waals surface area (Å²) in [5.41, 5.74) is 9.26. The van der Waals surface area contributed by atoms with E-state index in [-0.39, 0.29) is 5.91 Å². The number of ether oxygens (including phenoxy) is 1. The van der Waals surface area contributed by atoms with Gasteiger partial charge in [0.25, 0.3) is 5.91 Å². The van der Waals surface area contributed by atoms with Crippen molar-refractivity contribution in [2.24, 2.45) is 0 Å². The first-order chi connectivity index (χ1) is 18.5. The standard InChI is InChI=1S/C32H32N4O2/c1-4-24-27-25-10-5-6-11-26(25)33-31(27)29(22-12-14-23(15-13-22)36-16-18-38-19-17-36)34-30(24)32(37)35-28-20(2)8-7-9-21(28)3/h5-15,33H,4,16-19H2,1-3H3,(H,35,37). The first-order valence-corrected chi connectivity index (χ1v) is 13.3. The van der Waals surface area contributed by atoms with Gasteiger partial charge in [-0.05, 0) is 55.2 Å². The van der Waals surface area contributed by atoms with Crippen LogP contribution in [0.4, 0.5) is 11.4 Å². The monoisotopic (exact) mass is 504 g/mol. The predicted molar refractivity (Wildman–Crippen MR) is 155 cm³/mol. The summed E-state index contributed by atoms with van der Waals surface area (Å²) in [5, 5.41) is 5.35. The average Bonchev–Trinajstić information content (AvgIpc) is 3.34. The van der Waals surface area contributed by atoms with E-state index in [1.165, 1.54) is 5.69 Å². The molecule has 38 heavy (non-hydrogen) atoms. The first kappa shape index (κ1) is 24.2. The fourth-order valence-corrected chi connectivity index (χ4v) is 5.56. The fourth-order valence-electron chi connectivity index (χ4n) is 5.56. The van der Waals surface area contributed by atoms with E-state index in [1.807, 2.05) is 44.2 Å². The van der Waals surface area contributed by atoms with Gasteiger partial charge in [0.1, 0.15) is 5.69 Å². The Balaban J connectivity index is 1.52. The van der Waals surface area contributed by atoms with Crippen LogP contribution < -0.4 is 10.2 Å². The van der Waals surface area contributed by atoms with Gasteiger partial charge in [-0.2, -0.15) is 0 Å². The Kier molecular flexibility index (Phi) is 6.34. The Morgan fingerprint density at radius 1 is 0.974 bits per heavy atom. The second-order valence-electron chi connectivity index (χ2n) is 9.93. The topological polar surface area (TPSA) is 70.2 Å². The predicted octanol–water partition coefficient (Wildman–Crippen LogP) is 6.65. The molecule has 0 saturated carbocycles. The summed E-state index contributed by atoms with van der Waals surface area (Å²) in [6.45, 7) is 9.38. The van der Waals surface area contributed by atoms with E-state index in [0.717, 1.165) is 81.7 Å². The highest BCUT2D eigenvalue weighted by Crippen LogP contribution is 2.37. The molecule has 6 heteroatoms. The van der Waals surface area contributed by atoms with Gasteiger partial charge in [0, 0.05) is 46.3 Å². The summed E-state index contributed by atoms with van der Waals surface area (Å²) in [7, 11) is 0. The largest absolute Gasteiger partial charge is 0.378 e. The summed E-state index contributed by atoms with van der Waals surface area (Å²) in [4.78, 5) is 24.8.